The third-order valence-corrected chi connectivity index (χ3v) is 4.28. The highest BCUT2D eigenvalue weighted by molar-refractivity contribution is 14.1. The molecule has 0 radical (unpaired) electrons. The van der Waals surface area contributed by atoms with Crippen molar-refractivity contribution in [3.05, 3.63) is 27.3 Å². The molecule has 1 fully saturated rings. The molecule has 0 saturated carbocycles. The molecule has 5 nitrogen and oxygen atoms in total. The first kappa shape index (κ1) is 15.1. The number of rotatable bonds is 3. The van der Waals surface area contributed by atoms with Gasteiger partial charge in [0, 0.05) is 25.7 Å². The molecule has 0 spiro atoms. The summed E-state index contributed by atoms with van der Waals surface area (Å²) < 4.78 is 0.690. The minimum absolute atomic E-state index is 0.0203. The zero-order valence-corrected chi connectivity index (χ0v) is 13.5. The predicted octanol–water partition coefficient (Wildman–Crippen LogP) is 1.69. The first-order chi connectivity index (χ1) is 9.49. The van der Waals surface area contributed by atoms with Crippen LogP contribution >= 0.6 is 22.6 Å². The molecule has 0 aromatic heterocycles. The van der Waals surface area contributed by atoms with Crippen molar-refractivity contribution in [2.75, 3.05) is 26.7 Å². The number of nitrogens with zero attached hydrogens (tertiary/aromatic N) is 2. The Bertz CT molecular complexity index is 527. The molecule has 20 heavy (non-hydrogen) atoms. The zero-order valence-electron chi connectivity index (χ0n) is 11.3. The van der Waals surface area contributed by atoms with Crippen molar-refractivity contribution in [1.82, 2.24) is 9.80 Å². The van der Waals surface area contributed by atoms with Gasteiger partial charge in [-0.2, -0.15) is 0 Å². The van der Waals surface area contributed by atoms with Crippen LogP contribution < -0.4 is 0 Å². The van der Waals surface area contributed by atoms with E-state index in [9.17, 15) is 14.7 Å². The van der Waals surface area contributed by atoms with E-state index >= 15 is 0 Å². The summed E-state index contributed by atoms with van der Waals surface area (Å²) in [6, 6.07) is 4.76. The Labute approximate surface area is 131 Å². The molecule has 0 atom stereocenters. The van der Waals surface area contributed by atoms with Gasteiger partial charge in [0.1, 0.15) is 5.75 Å². The lowest BCUT2D eigenvalue weighted by Gasteiger charge is -2.21. The zero-order chi connectivity index (χ0) is 14.7. The summed E-state index contributed by atoms with van der Waals surface area (Å²) >= 11 is 1.99. The van der Waals surface area contributed by atoms with Crippen molar-refractivity contribution in [3.8, 4) is 5.75 Å². The minimum atomic E-state index is -0.260. The predicted molar refractivity (Wildman–Crippen MR) is 83.6 cm³/mol. The van der Waals surface area contributed by atoms with E-state index in [2.05, 4.69) is 0 Å². The Morgan fingerprint density at radius 2 is 2.00 bits per heavy atom. The van der Waals surface area contributed by atoms with Crippen LogP contribution in [0.3, 0.4) is 0 Å². The molecule has 1 N–H and O–H groups in total. The maximum atomic E-state index is 12.2. The van der Waals surface area contributed by atoms with E-state index in [0.717, 1.165) is 25.9 Å². The Balaban J connectivity index is 2.00. The summed E-state index contributed by atoms with van der Waals surface area (Å²) in [7, 11) is 1.60. The van der Waals surface area contributed by atoms with Crippen LogP contribution in [0.15, 0.2) is 18.2 Å². The van der Waals surface area contributed by atoms with E-state index in [1.807, 2.05) is 22.6 Å². The van der Waals surface area contributed by atoms with E-state index in [1.165, 1.54) is 11.0 Å². The monoisotopic (exact) mass is 388 g/mol. The highest BCUT2D eigenvalue weighted by Gasteiger charge is 2.22. The normalized spacial score (nSPS) is 14.4. The fourth-order valence-corrected chi connectivity index (χ4v) is 2.54. The second-order valence-electron chi connectivity index (χ2n) is 4.92. The fourth-order valence-electron chi connectivity index (χ4n) is 2.21. The van der Waals surface area contributed by atoms with Crippen LogP contribution in [0.2, 0.25) is 0 Å². The lowest BCUT2D eigenvalue weighted by Crippen LogP contribution is -2.39. The largest absolute Gasteiger partial charge is 0.507 e. The number of amides is 2. The molecule has 0 bridgehead atoms. The summed E-state index contributed by atoms with van der Waals surface area (Å²) in [4.78, 5) is 27.4. The Kier molecular flexibility index (Phi) is 4.85. The van der Waals surface area contributed by atoms with Gasteiger partial charge in [-0.25, -0.2) is 0 Å². The van der Waals surface area contributed by atoms with E-state index in [0.29, 0.717) is 9.13 Å². The highest BCUT2D eigenvalue weighted by Crippen LogP contribution is 2.21. The molecular weight excluding hydrogens is 371 g/mol. The number of phenolic OH excluding ortho intramolecular Hbond substituents is 1. The molecule has 0 unspecified atom stereocenters. The van der Waals surface area contributed by atoms with Gasteiger partial charge in [0.05, 0.1) is 10.1 Å². The minimum Gasteiger partial charge on any atom is -0.507 e. The summed E-state index contributed by atoms with van der Waals surface area (Å²) in [6.45, 7) is 1.64. The van der Waals surface area contributed by atoms with Crippen molar-refractivity contribution >= 4 is 34.4 Å². The van der Waals surface area contributed by atoms with E-state index in [4.69, 9.17) is 0 Å². The summed E-state index contributed by atoms with van der Waals surface area (Å²) in [6.07, 6.45) is 2.07. The molecule has 6 heteroatoms. The van der Waals surface area contributed by atoms with Crippen LogP contribution in [0.1, 0.15) is 23.2 Å². The summed E-state index contributed by atoms with van der Waals surface area (Å²) in [5.74, 6) is -0.201. The number of likely N-dealkylation sites (tertiary alicyclic amines) is 1. The molecule has 1 aromatic rings. The SMILES string of the molecule is CN(CC(=O)N1CCCC1)C(=O)c1ccc(I)c(O)c1. The quantitative estimate of drug-likeness (QED) is 0.802. The fraction of sp³-hybridized carbons (Fsp3) is 0.429. The molecule has 108 valence electrons. The van der Waals surface area contributed by atoms with Crippen molar-refractivity contribution < 1.29 is 14.7 Å². The molecule has 1 aromatic carbocycles. The second-order valence-corrected chi connectivity index (χ2v) is 6.08. The van der Waals surface area contributed by atoms with Crippen LogP contribution in [0, 0.1) is 3.57 Å². The number of carbonyl (C=O) groups excluding carboxylic acids is 2. The van der Waals surface area contributed by atoms with Crippen molar-refractivity contribution in [2.24, 2.45) is 0 Å². The Hall–Kier alpha value is -1.31. The third kappa shape index (κ3) is 3.41. The molecule has 1 aliphatic heterocycles. The third-order valence-electron chi connectivity index (χ3n) is 3.37. The molecule has 2 rings (SSSR count). The van der Waals surface area contributed by atoms with Crippen LogP contribution in [0.25, 0.3) is 0 Å². The van der Waals surface area contributed by atoms with Gasteiger partial charge in [0.25, 0.3) is 5.91 Å². The highest BCUT2D eigenvalue weighted by atomic mass is 127. The summed E-state index contributed by atoms with van der Waals surface area (Å²) in [5.41, 5.74) is 0.389. The smallest absolute Gasteiger partial charge is 0.254 e. The van der Waals surface area contributed by atoms with Crippen molar-refractivity contribution in [3.63, 3.8) is 0 Å². The van der Waals surface area contributed by atoms with Gasteiger partial charge < -0.3 is 14.9 Å². The molecule has 1 aliphatic rings. The number of likely N-dealkylation sites (N-methyl/N-ethyl adjacent to an activating group) is 1. The number of halogens is 1. The van der Waals surface area contributed by atoms with Gasteiger partial charge in [-0.1, -0.05) is 0 Å². The lowest BCUT2D eigenvalue weighted by molar-refractivity contribution is -0.130. The van der Waals surface area contributed by atoms with Crippen molar-refractivity contribution in [2.45, 2.75) is 12.8 Å². The standard InChI is InChI=1S/C14H17IN2O3/c1-16(9-13(19)17-6-2-3-7-17)14(20)10-4-5-11(15)12(18)8-10/h4-5,8,18H,2-3,6-7,9H2,1H3. The number of benzene rings is 1. The Morgan fingerprint density at radius 3 is 2.60 bits per heavy atom. The Morgan fingerprint density at radius 1 is 1.35 bits per heavy atom. The molecule has 1 heterocycles. The van der Waals surface area contributed by atoms with Crippen LogP contribution in [-0.4, -0.2) is 53.4 Å². The number of hydrogen-bond acceptors (Lipinski definition) is 3. The second kappa shape index (κ2) is 6.43. The van der Waals surface area contributed by atoms with Gasteiger partial charge in [-0.3, -0.25) is 9.59 Å². The molecule has 0 aliphatic carbocycles. The number of aromatic hydroxyl groups is 1. The summed E-state index contributed by atoms with van der Waals surface area (Å²) in [5, 5.41) is 9.63. The van der Waals surface area contributed by atoms with Crippen LogP contribution in [-0.2, 0) is 4.79 Å². The van der Waals surface area contributed by atoms with Gasteiger partial charge in [0.15, 0.2) is 0 Å². The molecule has 1 saturated heterocycles. The first-order valence-electron chi connectivity index (χ1n) is 6.51. The van der Waals surface area contributed by atoms with E-state index < -0.39 is 0 Å². The maximum Gasteiger partial charge on any atom is 0.254 e. The van der Waals surface area contributed by atoms with Gasteiger partial charge >= 0.3 is 0 Å². The van der Waals surface area contributed by atoms with Gasteiger partial charge in [-0.15, -0.1) is 0 Å². The van der Waals surface area contributed by atoms with Gasteiger partial charge in [0.2, 0.25) is 5.91 Å². The topological polar surface area (TPSA) is 60.9 Å². The van der Waals surface area contributed by atoms with E-state index in [-0.39, 0.29) is 24.1 Å². The molecule has 2 amide bonds. The number of carbonyl (C=O) groups is 2. The van der Waals surface area contributed by atoms with Gasteiger partial charge in [-0.05, 0) is 53.6 Å². The van der Waals surface area contributed by atoms with E-state index in [1.54, 1.807) is 24.1 Å². The number of phenols is 1. The average Bonchev–Trinajstić information content (AvgIpc) is 2.95. The lowest BCUT2D eigenvalue weighted by atomic mass is 10.2. The number of hydrogen-bond donors (Lipinski definition) is 1. The first-order valence-corrected chi connectivity index (χ1v) is 7.58. The van der Waals surface area contributed by atoms with Crippen molar-refractivity contribution in [1.29, 1.82) is 0 Å². The average molecular weight is 388 g/mol. The van der Waals surface area contributed by atoms with Crippen LogP contribution in [0.4, 0.5) is 0 Å². The van der Waals surface area contributed by atoms with Crippen LogP contribution in [0.5, 0.6) is 5.75 Å². The maximum absolute atomic E-state index is 12.2. The molecular formula is C14H17IN2O3.